The Bertz CT molecular complexity index is 779. The standard InChI is InChI=1S/C17H18N4OS2/c1-3-21(4-2)17-18-11-13(23-17)10-14-15(22)20-16(24-14)19-12-8-6-5-7-9-12/h5-11H,3-4H2,1-2H3,(H,19,20,22). The van der Waals surface area contributed by atoms with E-state index in [1.54, 1.807) is 11.3 Å². The fraction of sp³-hybridized carbons (Fsp3) is 0.235. The minimum Gasteiger partial charge on any atom is -0.349 e. The van der Waals surface area contributed by atoms with Gasteiger partial charge >= 0.3 is 0 Å². The molecule has 1 aromatic carbocycles. The number of carbonyl (C=O) groups excluding carboxylic acids is 1. The van der Waals surface area contributed by atoms with Gasteiger partial charge in [0, 0.05) is 19.3 Å². The largest absolute Gasteiger partial charge is 0.349 e. The van der Waals surface area contributed by atoms with Crippen LogP contribution in [0.25, 0.3) is 6.08 Å². The normalized spacial score (nSPS) is 17.5. The topological polar surface area (TPSA) is 57.6 Å². The molecule has 0 saturated carbocycles. The smallest absolute Gasteiger partial charge is 0.264 e. The fourth-order valence-corrected chi connectivity index (χ4v) is 4.11. The van der Waals surface area contributed by atoms with Crippen LogP contribution >= 0.6 is 23.1 Å². The molecule has 0 aliphatic carbocycles. The van der Waals surface area contributed by atoms with Gasteiger partial charge in [-0.1, -0.05) is 29.5 Å². The molecule has 2 aromatic rings. The molecular formula is C17H18N4OS2. The molecule has 1 aromatic heterocycles. The molecule has 1 aliphatic heterocycles. The van der Waals surface area contributed by atoms with Crippen molar-refractivity contribution in [3.05, 3.63) is 46.3 Å². The number of carbonyl (C=O) groups is 1. The average molecular weight is 358 g/mol. The van der Waals surface area contributed by atoms with E-state index in [4.69, 9.17) is 0 Å². The van der Waals surface area contributed by atoms with Crippen LogP contribution in [0.4, 0.5) is 10.8 Å². The molecule has 1 N–H and O–H groups in total. The molecule has 2 heterocycles. The molecule has 1 fully saturated rings. The highest BCUT2D eigenvalue weighted by Crippen LogP contribution is 2.31. The van der Waals surface area contributed by atoms with Gasteiger partial charge < -0.3 is 10.2 Å². The van der Waals surface area contributed by atoms with Crippen LogP contribution in [0.15, 0.2) is 46.4 Å². The Labute approximate surface area is 149 Å². The van der Waals surface area contributed by atoms with Gasteiger partial charge in [-0.2, -0.15) is 0 Å². The highest BCUT2D eigenvalue weighted by atomic mass is 32.2. The Balaban J connectivity index is 1.77. The summed E-state index contributed by atoms with van der Waals surface area (Å²) < 4.78 is 0. The van der Waals surface area contributed by atoms with E-state index in [9.17, 15) is 4.79 Å². The summed E-state index contributed by atoms with van der Waals surface area (Å²) in [6.07, 6.45) is 3.68. The third kappa shape index (κ3) is 3.85. The van der Waals surface area contributed by atoms with Crippen molar-refractivity contribution in [3.63, 3.8) is 0 Å². The number of aromatic nitrogens is 1. The Kier molecular flexibility index (Phi) is 5.32. The Hall–Kier alpha value is -2.12. The first-order chi connectivity index (χ1) is 11.7. The van der Waals surface area contributed by atoms with Gasteiger partial charge in [0.05, 0.1) is 15.5 Å². The van der Waals surface area contributed by atoms with Crippen LogP contribution in [0.3, 0.4) is 0 Å². The summed E-state index contributed by atoms with van der Waals surface area (Å²) in [5.74, 6) is -0.118. The number of amides is 1. The number of hydrogen-bond donors (Lipinski definition) is 1. The van der Waals surface area contributed by atoms with Crippen molar-refractivity contribution in [2.75, 3.05) is 18.0 Å². The lowest BCUT2D eigenvalue weighted by atomic mass is 10.3. The second-order valence-electron chi connectivity index (χ2n) is 5.03. The van der Waals surface area contributed by atoms with E-state index in [-0.39, 0.29) is 5.91 Å². The summed E-state index contributed by atoms with van der Waals surface area (Å²) in [4.78, 5) is 24.8. The van der Waals surface area contributed by atoms with Gasteiger partial charge in [-0.05, 0) is 43.8 Å². The van der Waals surface area contributed by atoms with Gasteiger partial charge in [0.1, 0.15) is 0 Å². The van der Waals surface area contributed by atoms with Crippen molar-refractivity contribution < 1.29 is 4.79 Å². The minimum atomic E-state index is -0.118. The summed E-state index contributed by atoms with van der Waals surface area (Å²) in [7, 11) is 0. The van der Waals surface area contributed by atoms with Crippen molar-refractivity contribution in [3.8, 4) is 0 Å². The first-order valence-corrected chi connectivity index (χ1v) is 9.38. The van der Waals surface area contributed by atoms with Gasteiger partial charge in [0.15, 0.2) is 10.3 Å². The van der Waals surface area contributed by atoms with Crippen molar-refractivity contribution in [2.45, 2.75) is 13.8 Å². The molecular weight excluding hydrogens is 340 g/mol. The predicted octanol–water partition coefficient (Wildman–Crippen LogP) is 3.88. The average Bonchev–Trinajstić information content (AvgIpc) is 3.17. The molecule has 0 atom stereocenters. The van der Waals surface area contributed by atoms with Crippen molar-refractivity contribution in [1.82, 2.24) is 10.3 Å². The van der Waals surface area contributed by atoms with Gasteiger partial charge in [0.2, 0.25) is 0 Å². The zero-order valence-electron chi connectivity index (χ0n) is 13.5. The lowest BCUT2D eigenvalue weighted by molar-refractivity contribution is -0.115. The quantitative estimate of drug-likeness (QED) is 0.824. The van der Waals surface area contributed by atoms with E-state index in [1.807, 2.05) is 42.6 Å². The van der Waals surface area contributed by atoms with Crippen molar-refractivity contribution in [1.29, 1.82) is 0 Å². The monoisotopic (exact) mass is 358 g/mol. The Morgan fingerprint density at radius 1 is 1.25 bits per heavy atom. The Morgan fingerprint density at radius 2 is 2.00 bits per heavy atom. The first-order valence-electron chi connectivity index (χ1n) is 7.75. The molecule has 3 rings (SSSR count). The summed E-state index contributed by atoms with van der Waals surface area (Å²) in [6.45, 7) is 6.05. The molecule has 124 valence electrons. The summed E-state index contributed by atoms with van der Waals surface area (Å²) in [6, 6.07) is 9.59. The summed E-state index contributed by atoms with van der Waals surface area (Å²) in [5, 5.41) is 4.39. The molecule has 0 spiro atoms. The van der Waals surface area contributed by atoms with Gasteiger partial charge in [0.25, 0.3) is 5.91 Å². The number of anilines is 1. The molecule has 0 bridgehead atoms. The van der Waals surface area contributed by atoms with Gasteiger partial charge in [-0.3, -0.25) is 4.79 Å². The lowest BCUT2D eigenvalue weighted by Crippen LogP contribution is -2.21. The molecule has 0 radical (unpaired) electrons. The number of thiazole rings is 1. The number of amidine groups is 1. The number of aliphatic imine (C=N–C) groups is 1. The lowest BCUT2D eigenvalue weighted by Gasteiger charge is -2.16. The van der Waals surface area contributed by atoms with Crippen molar-refractivity contribution in [2.24, 2.45) is 4.99 Å². The van der Waals surface area contributed by atoms with E-state index < -0.39 is 0 Å². The van der Waals surface area contributed by atoms with Gasteiger partial charge in [-0.25, -0.2) is 9.98 Å². The van der Waals surface area contributed by atoms with E-state index in [0.29, 0.717) is 10.1 Å². The molecule has 1 amide bonds. The van der Waals surface area contributed by atoms with E-state index in [0.717, 1.165) is 28.8 Å². The molecule has 5 nitrogen and oxygen atoms in total. The fourth-order valence-electron chi connectivity index (χ4n) is 2.21. The number of benzene rings is 1. The molecule has 7 heteroatoms. The number of nitrogens with one attached hydrogen (secondary N) is 1. The Morgan fingerprint density at radius 3 is 2.71 bits per heavy atom. The maximum atomic E-state index is 12.1. The SMILES string of the molecule is CCN(CC)c1ncc(C=C2SC(=Nc3ccccc3)NC2=O)s1. The molecule has 1 aliphatic rings. The van der Waals surface area contributed by atoms with Gasteiger partial charge in [-0.15, -0.1) is 0 Å². The molecule has 24 heavy (non-hydrogen) atoms. The second kappa shape index (κ2) is 7.63. The maximum absolute atomic E-state index is 12.1. The first kappa shape index (κ1) is 16.7. The number of nitrogens with zero attached hydrogens (tertiary/aromatic N) is 3. The van der Waals surface area contributed by atoms with E-state index in [2.05, 4.69) is 34.0 Å². The zero-order valence-corrected chi connectivity index (χ0v) is 15.2. The van der Waals surface area contributed by atoms with Crippen LogP contribution in [0.5, 0.6) is 0 Å². The molecule has 1 saturated heterocycles. The van der Waals surface area contributed by atoms with Crippen LogP contribution in [0, 0.1) is 0 Å². The zero-order chi connectivity index (χ0) is 16.9. The van der Waals surface area contributed by atoms with Crippen LogP contribution in [-0.2, 0) is 4.79 Å². The maximum Gasteiger partial charge on any atom is 0.264 e. The minimum absolute atomic E-state index is 0.118. The summed E-state index contributed by atoms with van der Waals surface area (Å²) >= 11 is 2.94. The number of hydrogen-bond acceptors (Lipinski definition) is 6. The van der Waals surface area contributed by atoms with Crippen LogP contribution in [0.1, 0.15) is 18.7 Å². The molecule has 0 unspecified atom stereocenters. The highest BCUT2D eigenvalue weighted by Gasteiger charge is 2.24. The predicted molar refractivity (Wildman–Crippen MR) is 103 cm³/mol. The van der Waals surface area contributed by atoms with Crippen LogP contribution in [0.2, 0.25) is 0 Å². The van der Waals surface area contributed by atoms with Crippen LogP contribution in [-0.4, -0.2) is 29.1 Å². The van der Waals surface area contributed by atoms with E-state index in [1.165, 1.54) is 11.8 Å². The summed E-state index contributed by atoms with van der Waals surface area (Å²) in [5.41, 5.74) is 0.822. The number of para-hydroxylation sites is 1. The van der Waals surface area contributed by atoms with E-state index >= 15 is 0 Å². The third-order valence-electron chi connectivity index (χ3n) is 3.46. The number of rotatable bonds is 5. The second-order valence-corrected chi connectivity index (χ2v) is 7.11. The highest BCUT2D eigenvalue weighted by molar-refractivity contribution is 8.18. The van der Waals surface area contributed by atoms with Crippen LogP contribution < -0.4 is 10.2 Å². The van der Waals surface area contributed by atoms with Crippen molar-refractivity contribution >= 4 is 51.1 Å². The number of thioether (sulfide) groups is 1. The third-order valence-corrected chi connectivity index (χ3v) is 5.37.